The predicted octanol–water partition coefficient (Wildman–Crippen LogP) is 1.54. The second kappa shape index (κ2) is 6.06. The molecule has 0 aliphatic carbocycles. The number of nitro benzene ring substituents is 1. The number of likely N-dealkylation sites (N-methyl/N-ethyl adjacent to an activating group) is 1. The van der Waals surface area contributed by atoms with E-state index in [-0.39, 0.29) is 10.6 Å². The van der Waals surface area contributed by atoms with Crippen LogP contribution in [0.1, 0.15) is 5.56 Å². The molecule has 1 aliphatic rings. The largest absolute Gasteiger partial charge is 0.502 e. The third-order valence-corrected chi connectivity index (χ3v) is 3.34. The summed E-state index contributed by atoms with van der Waals surface area (Å²) in [7, 11) is 2.03. The minimum Gasteiger partial charge on any atom is -0.502 e. The molecule has 0 unspecified atom stereocenters. The number of nitrogens with zero attached hydrogens (tertiary/aromatic N) is 4. The number of hydrogen-bond donors (Lipinski definition) is 1. The van der Waals surface area contributed by atoms with Gasteiger partial charge in [-0.3, -0.25) is 15.1 Å². The molecule has 8 heteroatoms. The molecular formula is C12H15ClN4O3. The first kappa shape index (κ1) is 14.5. The van der Waals surface area contributed by atoms with E-state index in [1.807, 2.05) is 12.1 Å². The van der Waals surface area contributed by atoms with Crippen LogP contribution in [0, 0.1) is 10.1 Å². The van der Waals surface area contributed by atoms with Crippen molar-refractivity contribution in [2.45, 2.75) is 0 Å². The van der Waals surface area contributed by atoms with Gasteiger partial charge in [0.1, 0.15) is 0 Å². The van der Waals surface area contributed by atoms with Gasteiger partial charge < -0.3 is 10.0 Å². The number of benzene rings is 1. The Kier molecular flexibility index (Phi) is 4.41. The third kappa shape index (κ3) is 3.37. The molecule has 1 aromatic rings. The van der Waals surface area contributed by atoms with Gasteiger partial charge in [-0.15, -0.1) is 0 Å². The summed E-state index contributed by atoms with van der Waals surface area (Å²) < 4.78 is 0. The second-order valence-electron chi connectivity index (χ2n) is 4.62. The molecule has 0 radical (unpaired) electrons. The molecule has 0 saturated carbocycles. The van der Waals surface area contributed by atoms with Crippen LogP contribution in [-0.2, 0) is 0 Å². The maximum atomic E-state index is 10.8. The van der Waals surface area contributed by atoms with Crippen molar-refractivity contribution in [1.29, 1.82) is 0 Å². The molecule has 1 heterocycles. The van der Waals surface area contributed by atoms with Crippen molar-refractivity contribution in [3.63, 3.8) is 0 Å². The average Bonchev–Trinajstić information content (AvgIpc) is 2.41. The molecule has 0 spiro atoms. The summed E-state index contributed by atoms with van der Waals surface area (Å²) >= 11 is 5.81. The van der Waals surface area contributed by atoms with Crippen LogP contribution in [-0.4, -0.2) is 59.4 Å². The van der Waals surface area contributed by atoms with E-state index < -0.39 is 16.4 Å². The van der Waals surface area contributed by atoms with Crippen LogP contribution in [0.5, 0.6) is 5.75 Å². The monoisotopic (exact) mass is 298 g/mol. The van der Waals surface area contributed by atoms with Gasteiger partial charge in [-0.1, -0.05) is 11.6 Å². The van der Waals surface area contributed by atoms with Gasteiger partial charge in [-0.2, -0.15) is 5.10 Å². The second-order valence-corrected chi connectivity index (χ2v) is 5.06. The number of rotatable bonds is 3. The van der Waals surface area contributed by atoms with Gasteiger partial charge in [-0.25, -0.2) is 0 Å². The molecule has 0 bridgehead atoms. The van der Waals surface area contributed by atoms with Crippen molar-refractivity contribution in [3.8, 4) is 5.75 Å². The maximum absolute atomic E-state index is 10.8. The van der Waals surface area contributed by atoms with Crippen LogP contribution in [0.3, 0.4) is 0 Å². The summed E-state index contributed by atoms with van der Waals surface area (Å²) in [6, 6.07) is 2.56. The highest BCUT2D eigenvalue weighted by Crippen LogP contribution is 2.32. The number of nitro groups is 1. The minimum atomic E-state index is -0.672. The fourth-order valence-corrected chi connectivity index (χ4v) is 2.12. The Morgan fingerprint density at radius 3 is 2.65 bits per heavy atom. The summed E-state index contributed by atoms with van der Waals surface area (Å²) in [4.78, 5) is 12.3. The smallest absolute Gasteiger partial charge is 0.312 e. The Morgan fingerprint density at radius 2 is 2.05 bits per heavy atom. The van der Waals surface area contributed by atoms with E-state index in [0.29, 0.717) is 0 Å². The van der Waals surface area contributed by atoms with Crippen molar-refractivity contribution < 1.29 is 10.0 Å². The van der Waals surface area contributed by atoms with Gasteiger partial charge in [-0.05, 0) is 13.1 Å². The lowest BCUT2D eigenvalue weighted by atomic mass is 10.2. The van der Waals surface area contributed by atoms with E-state index in [9.17, 15) is 15.2 Å². The Bertz CT molecular complexity index is 542. The first-order valence-corrected chi connectivity index (χ1v) is 6.49. The van der Waals surface area contributed by atoms with Crippen molar-refractivity contribution >= 4 is 23.5 Å². The lowest BCUT2D eigenvalue weighted by Crippen LogP contribution is -2.41. The van der Waals surface area contributed by atoms with E-state index in [1.54, 1.807) is 0 Å². The highest BCUT2D eigenvalue weighted by Gasteiger charge is 2.18. The van der Waals surface area contributed by atoms with Crippen LogP contribution in [0.4, 0.5) is 5.69 Å². The van der Waals surface area contributed by atoms with E-state index in [4.69, 9.17) is 11.6 Å². The predicted molar refractivity (Wildman–Crippen MR) is 76.4 cm³/mol. The molecule has 2 rings (SSSR count). The summed E-state index contributed by atoms with van der Waals surface area (Å²) in [5.41, 5.74) is -0.180. The SMILES string of the molecule is CN1CCN(N=Cc2cc(Cl)cc([N+](=O)[O-])c2O)CC1. The molecule has 0 atom stereocenters. The molecule has 1 N–H and O–H groups in total. The first-order valence-electron chi connectivity index (χ1n) is 6.12. The fraction of sp³-hybridized carbons (Fsp3) is 0.417. The zero-order valence-electron chi connectivity index (χ0n) is 11.0. The molecule has 1 aromatic carbocycles. The molecule has 1 aliphatic heterocycles. The number of phenolic OH excluding ortho intramolecular Hbond substituents is 1. The Labute approximate surface area is 121 Å². The van der Waals surface area contributed by atoms with E-state index in [2.05, 4.69) is 10.0 Å². The van der Waals surface area contributed by atoms with Gasteiger partial charge in [0, 0.05) is 42.8 Å². The van der Waals surface area contributed by atoms with E-state index >= 15 is 0 Å². The van der Waals surface area contributed by atoms with Gasteiger partial charge >= 0.3 is 5.69 Å². The average molecular weight is 299 g/mol. The molecular weight excluding hydrogens is 284 g/mol. The van der Waals surface area contributed by atoms with Crippen LogP contribution in [0.15, 0.2) is 17.2 Å². The summed E-state index contributed by atoms with van der Waals surface area (Å²) in [6.45, 7) is 3.35. The van der Waals surface area contributed by atoms with Crippen LogP contribution in [0.2, 0.25) is 5.02 Å². The molecule has 0 aromatic heterocycles. The summed E-state index contributed by atoms with van der Waals surface area (Å²) in [5, 5.41) is 26.9. The molecule has 1 fully saturated rings. The highest BCUT2D eigenvalue weighted by atomic mass is 35.5. The Hall–Kier alpha value is -1.86. The molecule has 7 nitrogen and oxygen atoms in total. The minimum absolute atomic E-state index is 0.189. The summed E-state index contributed by atoms with van der Waals surface area (Å²) in [6.07, 6.45) is 1.40. The Balaban J connectivity index is 2.18. The number of piperazine rings is 1. The quantitative estimate of drug-likeness (QED) is 0.520. The van der Waals surface area contributed by atoms with Crippen LogP contribution < -0.4 is 0 Å². The van der Waals surface area contributed by atoms with E-state index in [0.717, 1.165) is 32.2 Å². The molecule has 1 saturated heterocycles. The standard InChI is InChI=1S/C12H15ClN4O3/c1-15-2-4-16(5-3-15)14-8-9-6-10(13)7-11(12(9)18)17(19)20/h6-8,18H,2-5H2,1H3. The fourth-order valence-electron chi connectivity index (χ4n) is 1.90. The van der Waals surface area contributed by atoms with Gasteiger partial charge in [0.05, 0.1) is 11.1 Å². The number of phenols is 1. The van der Waals surface area contributed by atoms with Gasteiger partial charge in [0.2, 0.25) is 5.75 Å². The lowest BCUT2D eigenvalue weighted by molar-refractivity contribution is -0.385. The molecule has 20 heavy (non-hydrogen) atoms. The first-order chi connectivity index (χ1) is 9.47. The molecule has 0 amide bonds. The number of hydrazone groups is 1. The van der Waals surface area contributed by atoms with Gasteiger partial charge in [0.15, 0.2) is 0 Å². The zero-order valence-corrected chi connectivity index (χ0v) is 11.7. The van der Waals surface area contributed by atoms with Crippen LogP contribution >= 0.6 is 11.6 Å². The maximum Gasteiger partial charge on any atom is 0.312 e. The van der Waals surface area contributed by atoms with Crippen molar-refractivity contribution in [3.05, 3.63) is 32.8 Å². The lowest BCUT2D eigenvalue weighted by Gasteiger charge is -2.30. The Morgan fingerprint density at radius 1 is 1.40 bits per heavy atom. The number of aromatic hydroxyl groups is 1. The van der Waals surface area contributed by atoms with Crippen molar-refractivity contribution in [2.75, 3.05) is 33.2 Å². The van der Waals surface area contributed by atoms with Crippen molar-refractivity contribution in [1.82, 2.24) is 9.91 Å². The zero-order chi connectivity index (χ0) is 14.7. The number of hydrogen-bond acceptors (Lipinski definition) is 6. The summed E-state index contributed by atoms with van der Waals surface area (Å²) in [5.74, 6) is -0.419. The topological polar surface area (TPSA) is 82.2 Å². The van der Waals surface area contributed by atoms with Crippen LogP contribution in [0.25, 0.3) is 0 Å². The van der Waals surface area contributed by atoms with E-state index in [1.165, 1.54) is 12.3 Å². The molecule has 108 valence electrons. The number of halogens is 1. The van der Waals surface area contributed by atoms with Gasteiger partial charge in [0.25, 0.3) is 0 Å². The highest BCUT2D eigenvalue weighted by molar-refractivity contribution is 6.31. The third-order valence-electron chi connectivity index (χ3n) is 3.12. The normalized spacial score (nSPS) is 16.8. The van der Waals surface area contributed by atoms with Crippen molar-refractivity contribution in [2.24, 2.45) is 5.10 Å².